The minimum Gasteiger partial charge on any atom is -0.496 e. The molecular formula is C27H32N4O7. The van der Waals surface area contributed by atoms with E-state index in [1.807, 2.05) is 6.07 Å². The Hall–Kier alpha value is -4.25. The van der Waals surface area contributed by atoms with Gasteiger partial charge in [0.25, 0.3) is 0 Å². The summed E-state index contributed by atoms with van der Waals surface area (Å²) in [6.45, 7) is 3.82. The van der Waals surface area contributed by atoms with Crippen molar-refractivity contribution in [3.8, 4) is 22.8 Å². The number of alkyl carbamates (subject to hydrolysis) is 1. The summed E-state index contributed by atoms with van der Waals surface area (Å²) in [5, 5.41) is 8.37. The smallest absolute Gasteiger partial charge is 0.407 e. The standard InChI is InChI=1S/C27H32N4O7/c1-3-4-8-36-22-11-18(14-29-27(33)38-21-7-9-35-16-21)10-20(12-22)31-26(32)30-19-5-6-23(24(13-19)34-2)25-15-28-17-37-25/h5-6,10-13,15,17,21H,3-4,7-9,14,16H2,1-2H3,(H,29,33)(H2,30,31,32)/t21-/m0/s1. The monoisotopic (exact) mass is 524 g/mol. The van der Waals surface area contributed by atoms with Crippen molar-refractivity contribution in [3.63, 3.8) is 0 Å². The molecule has 1 atom stereocenters. The summed E-state index contributed by atoms with van der Waals surface area (Å²) in [5.74, 6) is 1.67. The van der Waals surface area contributed by atoms with Crippen LogP contribution in [-0.2, 0) is 16.0 Å². The predicted octanol–water partition coefficient (Wildman–Crippen LogP) is 5.19. The number of amides is 3. The molecule has 3 N–H and O–H groups in total. The lowest BCUT2D eigenvalue weighted by Crippen LogP contribution is -2.28. The molecule has 0 saturated carbocycles. The first-order valence-corrected chi connectivity index (χ1v) is 12.5. The molecule has 0 bridgehead atoms. The number of hydrogen-bond acceptors (Lipinski definition) is 8. The van der Waals surface area contributed by atoms with Crippen LogP contribution in [0.15, 0.2) is 53.4 Å². The third-order valence-electron chi connectivity index (χ3n) is 5.75. The summed E-state index contributed by atoms with van der Waals surface area (Å²) < 4.78 is 27.2. The molecule has 3 aromatic rings. The number of rotatable bonds is 11. The fourth-order valence-electron chi connectivity index (χ4n) is 3.84. The molecular weight excluding hydrogens is 492 g/mol. The number of anilines is 2. The lowest BCUT2D eigenvalue weighted by atomic mass is 10.1. The Morgan fingerprint density at radius 3 is 2.74 bits per heavy atom. The summed E-state index contributed by atoms with van der Waals surface area (Å²) in [6.07, 6.45) is 4.74. The molecule has 0 radical (unpaired) electrons. The SMILES string of the molecule is CCCCOc1cc(CNC(=O)O[C@H]2CCOC2)cc(NC(=O)Nc2ccc(-c3cnco3)c(OC)c2)c1. The van der Waals surface area contributed by atoms with E-state index < -0.39 is 12.1 Å². The minimum atomic E-state index is -0.521. The summed E-state index contributed by atoms with van der Waals surface area (Å²) in [7, 11) is 1.54. The number of oxazole rings is 1. The first kappa shape index (κ1) is 26.8. The van der Waals surface area contributed by atoms with Gasteiger partial charge in [0.2, 0.25) is 0 Å². The molecule has 4 rings (SSSR count). The Morgan fingerprint density at radius 1 is 1.13 bits per heavy atom. The van der Waals surface area contributed by atoms with Crippen molar-refractivity contribution in [3.05, 3.63) is 54.6 Å². The number of unbranched alkanes of at least 4 members (excludes halogenated alkanes) is 1. The van der Waals surface area contributed by atoms with Gasteiger partial charge in [0, 0.05) is 36.5 Å². The van der Waals surface area contributed by atoms with E-state index in [2.05, 4.69) is 27.9 Å². The fourth-order valence-corrected chi connectivity index (χ4v) is 3.84. The van der Waals surface area contributed by atoms with Gasteiger partial charge in [0.15, 0.2) is 12.2 Å². The molecule has 1 aliphatic rings. The number of ether oxygens (including phenoxy) is 4. The van der Waals surface area contributed by atoms with Gasteiger partial charge in [-0.25, -0.2) is 14.6 Å². The van der Waals surface area contributed by atoms with E-state index in [4.69, 9.17) is 23.4 Å². The molecule has 11 nitrogen and oxygen atoms in total. The van der Waals surface area contributed by atoms with Crippen molar-refractivity contribution in [2.45, 2.75) is 38.8 Å². The van der Waals surface area contributed by atoms with Gasteiger partial charge >= 0.3 is 12.1 Å². The van der Waals surface area contributed by atoms with Crippen LogP contribution in [0.1, 0.15) is 31.7 Å². The Kier molecular flexibility index (Phi) is 9.41. The van der Waals surface area contributed by atoms with Gasteiger partial charge in [-0.05, 0) is 36.2 Å². The highest BCUT2D eigenvalue weighted by atomic mass is 16.6. The number of benzene rings is 2. The summed E-state index contributed by atoms with van der Waals surface area (Å²) in [5.41, 5.74) is 2.49. The van der Waals surface area contributed by atoms with E-state index in [-0.39, 0.29) is 12.6 Å². The van der Waals surface area contributed by atoms with Crippen LogP contribution >= 0.6 is 0 Å². The van der Waals surface area contributed by atoms with E-state index in [0.29, 0.717) is 60.4 Å². The van der Waals surface area contributed by atoms with Gasteiger partial charge in [-0.1, -0.05) is 13.3 Å². The fraction of sp³-hybridized carbons (Fsp3) is 0.370. The van der Waals surface area contributed by atoms with Gasteiger partial charge in [-0.3, -0.25) is 0 Å². The van der Waals surface area contributed by atoms with Gasteiger partial charge in [0.05, 0.1) is 38.7 Å². The highest BCUT2D eigenvalue weighted by molar-refractivity contribution is 6.00. The summed E-state index contributed by atoms with van der Waals surface area (Å²) in [6, 6.07) is 10.1. The van der Waals surface area contributed by atoms with Crippen molar-refractivity contribution in [1.29, 1.82) is 0 Å². The molecule has 0 spiro atoms. The second-order valence-corrected chi connectivity index (χ2v) is 8.67. The van der Waals surface area contributed by atoms with Crippen LogP contribution in [0.3, 0.4) is 0 Å². The molecule has 11 heteroatoms. The van der Waals surface area contributed by atoms with E-state index >= 15 is 0 Å². The minimum absolute atomic E-state index is 0.202. The molecule has 0 unspecified atom stereocenters. The highest BCUT2D eigenvalue weighted by Gasteiger charge is 2.20. The molecule has 1 aliphatic heterocycles. The Labute approximate surface area is 220 Å². The normalized spacial score (nSPS) is 14.5. The maximum atomic E-state index is 12.8. The predicted molar refractivity (Wildman–Crippen MR) is 141 cm³/mol. The number of urea groups is 1. The Morgan fingerprint density at radius 2 is 2.00 bits per heavy atom. The molecule has 2 aromatic carbocycles. The molecule has 1 saturated heterocycles. The van der Waals surface area contributed by atoms with E-state index in [1.165, 1.54) is 13.5 Å². The van der Waals surface area contributed by atoms with Crippen molar-refractivity contribution >= 4 is 23.5 Å². The van der Waals surface area contributed by atoms with E-state index in [9.17, 15) is 9.59 Å². The lowest BCUT2D eigenvalue weighted by Gasteiger charge is -2.15. The second-order valence-electron chi connectivity index (χ2n) is 8.67. The Bertz CT molecular complexity index is 1210. The van der Waals surface area contributed by atoms with Crippen molar-refractivity contribution in [2.24, 2.45) is 0 Å². The molecule has 1 fully saturated rings. The maximum Gasteiger partial charge on any atom is 0.407 e. The van der Waals surface area contributed by atoms with Crippen molar-refractivity contribution < 1.29 is 33.0 Å². The van der Waals surface area contributed by atoms with Gasteiger partial charge in [-0.15, -0.1) is 0 Å². The zero-order valence-corrected chi connectivity index (χ0v) is 21.5. The largest absolute Gasteiger partial charge is 0.496 e. The number of methoxy groups -OCH3 is 1. The summed E-state index contributed by atoms with van der Waals surface area (Å²) in [4.78, 5) is 28.9. The van der Waals surface area contributed by atoms with Crippen LogP contribution in [0.25, 0.3) is 11.3 Å². The summed E-state index contributed by atoms with van der Waals surface area (Å²) >= 11 is 0. The molecule has 0 aliphatic carbocycles. The number of carbonyl (C=O) groups excluding carboxylic acids is 2. The maximum absolute atomic E-state index is 12.8. The zero-order chi connectivity index (χ0) is 26.7. The zero-order valence-electron chi connectivity index (χ0n) is 21.5. The highest BCUT2D eigenvalue weighted by Crippen LogP contribution is 2.32. The molecule has 38 heavy (non-hydrogen) atoms. The average molecular weight is 525 g/mol. The average Bonchev–Trinajstić information content (AvgIpc) is 3.62. The molecule has 202 valence electrons. The van der Waals surface area contributed by atoms with Crippen LogP contribution in [0.4, 0.5) is 21.0 Å². The number of nitrogens with zero attached hydrogens (tertiary/aromatic N) is 1. The second kappa shape index (κ2) is 13.3. The first-order valence-electron chi connectivity index (χ1n) is 12.5. The van der Waals surface area contributed by atoms with E-state index in [0.717, 1.165) is 18.4 Å². The first-order chi connectivity index (χ1) is 18.5. The van der Waals surface area contributed by atoms with Crippen LogP contribution < -0.4 is 25.4 Å². The van der Waals surface area contributed by atoms with Crippen LogP contribution in [0.2, 0.25) is 0 Å². The third-order valence-corrected chi connectivity index (χ3v) is 5.75. The number of carbonyl (C=O) groups is 2. The van der Waals surface area contributed by atoms with Crippen molar-refractivity contribution in [2.75, 3.05) is 37.6 Å². The molecule has 2 heterocycles. The van der Waals surface area contributed by atoms with Crippen LogP contribution in [0, 0.1) is 0 Å². The van der Waals surface area contributed by atoms with Crippen molar-refractivity contribution in [1.82, 2.24) is 10.3 Å². The van der Waals surface area contributed by atoms with E-state index in [1.54, 1.807) is 36.5 Å². The number of nitrogens with one attached hydrogen (secondary N) is 3. The lowest BCUT2D eigenvalue weighted by molar-refractivity contribution is 0.0828. The van der Waals surface area contributed by atoms with Gasteiger partial charge < -0.3 is 39.3 Å². The van der Waals surface area contributed by atoms with Gasteiger partial charge in [-0.2, -0.15) is 0 Å². The third kappa shape index (κ3) is 7.62. The Balaban J connectivity index is 1.41. The quantitative estimate of drug-likeness (QED) is 0.292. The number of aromatic nitrogens is 1. The molecule has 3 amide bonds. The van der Waals surface area contributed by atoms with Crippen LogP contribution in [-0.4, -0.2) is 50.1 Å². The number of hydrogen-bond donors (Lipinski definition) is 3. The molecule has 1 aromatic heterocycles. The van der Waals surface area contributed by atoms with Gasteiger partial charge in [0.1, 0.15) is 17.6 Å². The topological polar surface area (TPSA) is 133 Å². The van der Waals surface area contributed by atoms with Crippen LogP contribution in [0.5, 0.6) is 11.5 Å².